The van der Waals surface area contributed by atoms with Crippen molar-refractivity contribution in [1.82, 2.24) is 4.90 Å². The summed E-state index contributed by atoms with van der Waals surface area (Å²) < 4.78 is 39.0. The molecule has 0 radical (unpaired) electrons. The van der Waals surface area contributed by atoms with Crippen LogP contribution >= 0.6 is 0 Å². The largest absolute Gasteiger partial charge is 0.418 e. The molecule has 0 atom stereocenters. The van der Waals surface area contributed by atoms with Crippen LogP contribution < -0.4 is 11.1 Å². The molecule has 2 rings (SSSR count). The second-order valence-corrected chi connectivity index (χ2v) is 5.92. The van der Waals surface area contributed by atoms with Gasteiger partial charge in [-0.1, -0.05) is 24.3 Å². The Balaban J connectivity index is 2.03. The highest BCUT2D eigenvalue weighted by Gasteiger charge is 2.33. The number of carbonyl (C=O) groups excluding carboxylic acids is 2. The van der Waals surface area contributed by atoms with Crippen molar-refractivity contribution in [3.05, 3.63) is 59.7 Å². The van der Waals surface area contributed by atoms with Crippen molar-refractivity contribution < 1.29 is 22.8 Å². The lowest BCUT2D eigenvalue weighted by atomic mass is 10.1. The lowest BCUT2D eigenvalue weighted by Gasteiger charge is -2.21. The molecule has 2 aromatic rings. The zero-order valence-corrected chi connectivity index (χ0v) is 14.7. The van der Waals surface area contributed by atoms with Crippen LogP contribution in [0.2, 0.25) is 0 Å². The lowest BCUT2D eigenvalue weighted by Crippen LogP contribution is -2.38. The van der Waals surface area contributed by atoms with Gasteiger partial charge in [0.1, 0.15) is 0 Å². The number of amides is 2. The first kappa shape index (κ1) is 20.3. The Morgan fingerprint density at radius 3 is 2.30 bits per heavy atom. The van der Waals surface area contributed by atoms with Crippen LogP contribution in [0.5, 0.6) is 0 Å². The van der Waals surface area contributed by atoms with E-state index in [1.165, 1.54) is 23.1 Å². The minimum absolute atomic E-state index is 0.0700. The van der Waals surface area contributed by atoms with Gasteiger partial charge in [0, 0.05) is 12.2 Å². The Labute approximate surface area is 155 Å². The molecule has 0 saturated carbocycles. The molecule has 0 heterocycles. The quantitative estimate of drug-likeness (QED) is 0.756. The molecule has 3 N–H and O–H groups in total. The first-order valence-electron chi connectivity index (χ1n) is 8.29. The topological polar surface area (TPSA) is 75.4 Å². The van der Waals surface area contributed by atoms with Crippen molar-refractivity contribution >= 4 is 23.2 Å². The van der Waals surface area contributed by atoms with Gasteiger partial charge in [-0.25, -0.2) is 0 Å². The summed E-state index contributed by atoms with van der Waals surface area (Å²) in [5.41, 5.74) is 5.63. The summed E-state index contributed by atoms with van der Waals surface area (Å²) in [6.45, 7) is 1.61. The number of hydrogen-bond acceptors (Lipinski definition) is 3. The van der Waals surface area contributed by atoms with E-state index in [1.807, 2.05) is 0 Å². The van der Waals surface area contributed by atoms with Crippen LogP contribution in [0.3, 0.4) is 0 Å². The number of benzene rings is 2. The van der Waals surface area contributed by atoms with Crippen LogP contribution in [-0.2, 0) is 22.2 Å². The van der Waals surface area contributed by atoms with E-state index in [4.69, 9.17) is 5.73 Å². The number of likely N-dealkylation sites (N-methyl/N-ethyl adjacent to an activating group) is 1. The maximum atomic E-state index is 13.0. The van der Waals surface area contributed by atoms with Crippen LogP contribution in [0.15, 0.2) is 48.5 Å². The number of hydrogen-bond donors (Lipinski definition) is 2. The van der Waals surface area contributed by atoms with Crippen molar-refractivity contribution in [3.63, 3.8) is 0 Å². The highest BCUT2D eigenvalue weighted by Crippen LogP contribution is 2.34. The number of nitrogens with zero attached hydrogens (tertiary/aromatic N) is 1. The third kappa shape index (κ3) is 5.73. The fraction of sp³-hybridized carbons (Fsp3) is 0.263. The Morgan fingerprint density at radius 1 is 1.07 bits per heavy atom. The number of alkyl halides is 3. The van der Waals surface area contributed by atoms with E-state index < -0.39 is 17.6 Å². The normalized spacial score (nSPS) is 11.1. The molecule has 2 amide bonds. The van der Waals surface area contributed by atoms with Crippen molar-refractivity contribution in [2.75, 3.05) is 24.1 Å². The minimum atomic E-state index is -4.58. The van der Waals surface area contributed by atoms with E-state index in [2.05, 4.69) is 5.32 Å². The van der Waals surface area contributed by atoms with E-state index >= 15 is 0 Å². The van der Waals surface area contributed by atoms with Gasteiger partial charge in [0.25, 0.3) is 0 Å². The summed E-state index contributed by atoms with van der Waals surface area (Å²) in [5.74, 6) is -0.999. The molecule has 0 aliphatic carbocycles. The van der Waals surface area contributed by atoms with E-state index in [-0.39, 0.29) is 31.1 Å². The van der Waals surface area contributed by atoms with Crippen molar-refractivity contribution in [2.24, 2.45) is 0 Å². The zero-order valence-electron chi connectivity index (χ0n) is 14.7. The Bertz CT molecular complexity index is 805. The molecular weight excluding hydrogens is 359 g/mol. The Kier molecular flexibility index (Phi) is 6.44. The maximum absolute atomic E-state index is 13.0. The van der Waals surface area contributed by atoms with Crippen LogP contribution in [-0.4, -0.2) is 29.8 Å². The summed E-state index contributed by atoms with van der Waals surface area (Å²) >= 11 is 0. The van der Waals surface area contributed by atoms with Gasteiger partial charge in [-0.2, -0.15) is 13.2 Å². The molecule has 0 fully saturated rings. The Morgan fingerprint density at radius 2 is 1.70 bits per heavy atom. The highest BCUT2D eigenvalue weighted by atomic mass is 19.4. The summed E-state index contributed by atoms with van der Waals surface area (Å²) in [4.78, 5) is 25.8. The van der Waals surface area contributed by atoms with Gasteiger partial charge < -0.3 is 16.0 Å². The van der Waals surface area contributed by atoms with E-state index in [0.717, 1.165) is 11.6 Å². The van der Waals surface area contributed by atoms with Gasteiger partial charge in [-0.05, 0) is 36.8 Å². The van der Waals surface area contributed by atoms with Crippen LogP contribution in [0, 0.1) is 0 Å². The van der Waals surface area contributed by atoms with E-state index in [9.17, 15) is 22.8 Å². The number of halogens is 3. The van der Waals surface area contributed by atoms with Crippen LogP contribution in [0.4, 0.5) is 24.5 Å². The molecule has 0 aromatic heterocycles. The smallest absolute Gasteiger partial charge is 0.399 e. The monoisotopic (exact) mass is 379 g/mol. The summed E-state index contributed by atoms with van der Waals surface area (Å²) in [5, 5.41) is 2.24. The lowest BCUT2D eigenvalue weighted by molar-refractivity contribution is -0.137. The Hall–Kier alpha value is -3.03. The second-order valence-electron chi connectivity index (χ2n) is 5.92. The van der Waals surface area contributed by atoms with Crippen molar-refractivity contribution in [2.45, 2.75) is 19.5 Å². The zero-order chi connectivity index (χ0) is 20.0. The summed E-state index contributed by atoms with van der Waals surface area (Å²) in [7, 11) is 0. The first-order valence-corrected chi connectivity index (χ1v) is 8.29. The first-order chi connectivity index (χ1) is 12.7. The summed E-state index contributed by atoms with van der Waals surface area (Å²) in [6.07, 6.45) is -4.51. The molecule has 0 unspecified atom stereocenters. The molecule has 2 aromatic carbocycles. The highest BCUT2D eigenvalue weighted by molar-refractivity contribution is 5.95. The van der Waals surface area contributed by atoms with Gasteiger partial charge in [-0.15, -0.1) is 0 Å². The number of nitrogens with one attached hydrogen (secondary N) is 1. The number of nitrogens with two attached hydrogens (primary N) is 1. The number of anilines is 2. The van der Waals surface area contributed by atoms with Gasteiger partial charge in [0.05, 0.1) is 24.2 Å². The second kappa shape index (κ2) is 8.57. The minimum Gasteiger partial charge on any atom is -0.399 e. The standard InChI is InChI=1S/C19H20F3N3O2/c1-2-25(18(27)11-13-7-9-14(23)10-8-13)12-17(26)24-16-6-4-3-5-15(16)19(20,21)22/h3-10H,2,11-12,23H2,1H3,(H,24,26). The van der Waals surface area contributed by atoms with Crippen molar-refractivity contribution in [1.29, 1.82) is 0 Å². The molecule has 0 aliphatic heterocycles. The fourth-order valence-electron chi connectivity index (χ4n) is 2.50. The number of rotatable bonds is 6. The average Bonchev–Trinajstić information content (AvgIpc) is 2.61. The van der Waals surface area contributed by atoms with E-state index in [1.54, 1.807) is 31.2 Å². The maximum Gasteiger partial charge on any atom is 0.418 e. The molecule has 5 nitrogen and oxygen atoms in total. The van der Waals surface area contributed by atoms with Gasteiger partial charge in [-0.3, -0.25) is 9.59 Å². The van der Waals surface area contributed by atoms with Crippen LogP contribution in [0.1, 0.15) is 18.1 Å². The van der Waals surface area contributed by atoms with Crippen LogP contribution in [0.25, 0.3) is 0 Å². The predicted octanol–water partition coefficient (Wildman–Crippen LogP) is 3.32. The summed E-state index contributed by atoms with van der Waals surface area (Å²) in [6, 6.07) is 11.5. The third-order valence-corrected chi connectivity index (χ3v) is 3.91. The number of carbonyl (C=O) groups is 2. The van der Waals surface area contributed by atoms with Gasteiger partial charge in [0.15, 0.2) is 0 Å². The molecule has 27 heavy (non-hydrogen) atoms. The molecule has 0 saturated heterocycles. The number of nitrogen functional groups attached to an aromatic ring is 1. The fourth-order valence-corrected chi connectivity index (χ4v) is 2.50. The molecule has 8 heteroatoms. The van der Waals surface area contributed by atoms with Gasteiger partial charge >= 0.3 is 6.18 Å². The SMILES string of the molecule is CCN(CC(=O)Nc1ccccc1C(F)(F)F)C(=O)Cc1ccc(N)cc1. The van der Waals surface area contributed by atoms with Crippen molar-refractivity contribution in [3.8, 4) is 0 Å². The van der Waals surface area contributed by atoms with E-state index in [0.29, 0.717) is 5.69 Å². The molecule has 0 aliphatic rings. The molecular formula is C19H20F3N3O2. The number of para-hydroxylation sites is 1. The molecule has 0 spiro atoms. The molecule has 0 bridgehead atoms. The third-order valence-electron chi connectivity index (χ3n) is 3.91. The molecule has 144 valence electrons. The predicted molar refractivity (Wildman–Crippen MR) is 96.9 cm³/mol. The average molecular weight is 379 g/mol. The van der Waals surface area contributed by atoms with Gasteiger partial charge in [0.2, 0.25) is 11.8 Å².